The van der Waals surface area contributed by atoms with Gasteiger partial charge in [0.15, 0.2) is 7.37 Å². The number of rotatable bonds is 11. The third-order valence-electron chi connectivity index (χ3n) is 6.82. The van der Waals surface area contributed by atoms with E-state index in [1.54, 1.807) is 7.11 Å². The summed E-state index contributed by atoms with van der Waals surface area (Å²) < 4.78 is 23.3. The molecule has 1 heterocycles. The average Bonchev–Trinajstić information content (AvgIpc) is 2.87. The summed E-state index contributed by atoms with van der Waals surface area (Å²) in [6.45, 7) is 15.1. The van der Waals surface area contributed by atoms with Crippen LogP contribution in [0.3, 0.4) is 0 Å². The van der Waals surface area contributed by atoms with Gasteiger partial charge >= 0.3 is 0 Å². The fourth-order valence-electron chi connectivity index (χ4n) is 4.67. The zero-order valence-electron chi connectivity index (χ0n) is 24.3. The molecule has 2 aromatic carbocycles. The third-order valence-corrected chi connectivity index (χ3v) is 7.87. The SMILES string of the molecule is CC.COc1ccc(CCCC(C)(C)C)c(N2CCC(COc3cccc(CCP(C)(=O)O)c3)CC2)c1. The molecule has 1 unspecified atom stereocenters. The van der Waals surface area contributed by atoms with Crippen molar-refractivity contribution in [2.45, 2.75) is 73.1 Å². The topological polar surface area (TPSA) is 59.0 Å². The molecule has 0 radical (unpaired) electrons. The van der Waals surface area contributed by atoms with E-state index in [1.807, 2.05) is 38.1 Å². The van der Waals surface area contributed by atoms with E-state index in [1.165, 1.54) is 30.8 Å². The lowest BCUT2D eigenvalue weighted by Gasteiger charge is -2.35. The van der Waals surface area contributed by atoms with E-state index in [-0.39, 0.29) is 0 Å². The Morgan fingerprint density at radius 3 is 2.35 bits per heavy atom. The van der Waals surface area contributed by atoms with Crippen molar-refractivity contribution in [2.24, 2.45) is 11.3 Å². The summed E-state index contributed by atoms with van der Waals surface area (Å²) in [4.78, 5) is 12.1. The highest BCUT2D eigenvalue weighted by Gasteiger charge is 2.22. The van der Waals surface area contributed by atoms with Crippen molar-refractivity contribution >= 4 is 13.1 Å². The fourth-order valence-corrected chi connectivity index (χ4v) is 5.34. The zero-order valence-corrected chi connectivity index (χ0v) is 25.2. The largest absolute Gasteiger partial charge is 0.497 e. The Labute approximate surface area is 226 Å². The summed E-state index contributed by atoms with van der Waals surface area (Å²) in [6.07, 6.45) is 6.61. The Kier molecular flexibility index (Phi) is 12.5. The summed E-state index contributed by atoms with van der Waals surface area (Å²) in [5.74, 6) is 2.30. The van der Waals surface area contributed by atoms with Crippen molar-refractivity contribution in [3.63, 3.8) is 0 Å². The van der Waals surface area contributed by atoms with Crippen LogP contribution >= 0.6 is 7.37 Å². The molecule has 0 amide bonds. The van der Waals surface area contributed by atoms with E-state index in [0.29, 0.717) is 30.5 Å². The second-order valence-electron chi connectivity index (χ2n) is 11.3. The van der Waals surface area contributed by atoms with Crippen LogP contribution in [-0.2, 0) is 17.4 Å². The summed E-state index contributed by atoms with van der Waals surface area (Å²) in [6, 6.07) is 14.5. The average molecular weight is 532 g/mol. The van der Waals surface area contributed by atoms with Crippen LogP contribution in [0.4, 0.5) is 5.69 Å². The van der Waals surface area contributed by atoms with Crippen LogP contribution in [0.25, 0.3) is 0 Å². The van der Waals surface area contributed by atoms with Crippen LogP contribution in [-0.4, -0.2) is 44.5 Å². The molecule has 5 nitrogen and oxygen atoms in total. The molecule has 0 aliphatic carbocycles. The van der Waals surface area contributed by atoms with Gasteiger partial charge in [-0.05, 0) is 79.2 Å². The van der Waals surface area contributed by atoms with Gasteiger partial charge in [-0.15, -0.1) is 0 Å². The molecule has 0 saturated carbocycles. The molecule has 6 heteroatoms. The number of benzene rings is 2. The van der Waals surface area contributed by atoms with Gasteiger partial charge in [0, 0.05) is 37.7 Å². The summed E-state index contributed by atoms with van der Waals surface area (Å²) >= 11 is 0. The number of anilines is 1. The Morgan fingerprint density at radius 2 is 1.73 bits per heavy atom. The molecule has 0 bridgehead atoms. The van der Waals surface area contributed by atoms with Crippen LogP contribution in [0.1, 0.15) is 71.4 Å². The van der Waals surface area contributed by atoms with E-state index in [0.717, 1.165) is 49.4 Å². The second kappa shape index (κ2) is 14.8. The van der Waals surface area contributed by atoms with Crippen LogP contribution in [0, 0.1) is 11.3 Å². The minimum absolute atomic E-state index is 0.303. The lowest BCUT2D eigenvalue weighted by atomic mass is 9.88. The lowest BCUT2D eigenvalue weighted by molar-refractivity contribution is 0.222. The Balaban J connectivity index is 0.00000235. The summed E-state index contributed by atoms with van der Waals surface area (Å²) in [5, 5.41) is 0. The molecule has 0 aromatic heterocycles. The van der Waals surface area contributed by atoms with Crippen molar-refractivity contribution < 1.29 is 18.9 Å². The van der Waals surface area contributed by atoms with Crippen molar-refractivity contribution in [1.82, 2.24) is 0 Å². The number of hydrogen-bond acceptors (Lipinski definition) is 4. The number of methoxy groups -OCH3 is 1. The van der Waals surface area contributed by atoms with E-state index >= 15 is 0 Å². The molecule has 1 atom stereocenters. The zero-order chi connectivity index (χ0) is 27.5. The van der Waals surface area contributed by atoms with Crippen molar-refractivity contribution in [2.75, 3.05) is 44.5 Å². The Morgan fingerprint density at radius 1 is 1.03 bits per heavy atom. The van der Waals surface area contributed by atoms with Gasteiger partial charge < -0.3 is 19.3 Å². The van der Waals surface area contributed by atoms with Gasteiger partial charge in [0.2, 0.25) is 0 Å². The van der Waals surface area contributed by atoms with Gasteiger partial charge in [-0.2, -0.15) is 0 Å². The summed E-state index contributed by atoms with van der Waals surface area (Å²) in [5.41, 5.74) is 4.15. The monoisotopic (exact) mass is 531 g/mol. The normalized spacial score (nSPS) is 15.9. The molecule has 1 saturated heterocycles. The maximum Gasteiger partial charge on any atom is 0.197 e. The number of ether oxygens (including phenoxy) is 2. The molecule has 1 fully saturated rings. The first kappa shape index (κ1) is 31.2. The standard InChI is InChI=1S/C29H44NO4P.C2H6/c1-29(2,3)16-7-9-25-11-12-26(33-4)21-28(25)30-17-13-24(14-18-30)22-34-27-10-6-8-23(20-27)15-19-35(5,31)32;1-2/h6,8,10-12,20-21,24H,7,9,13-19,22H2,1-5H3,(H,31,32);1-2H3. The first-order valence-electron chi connectivity index (χ1n) is 14.0. The van der Waals surface area contributed by atoms with Gasteiger partial charge in [0.1, 0.15) is 11.5 Å². The molecule has 37 heavy (non-hydrogen) atoms. The Hall–Kier alpha value is -1.97. The van der Waals surface area contributed by atoms with E-state index in [4.69, 9.17) is 9.47 Å². The number of piperidine rings is 1. The maximum absolute atomic E-state index is 11.6. The fraction of sp³-hybridized carbons (Fsp3) is 0.613. The molecule has 208 valence electrons. The van der Waals surface area contributed by atoms with Crippen molar-refractivity contribution in [1.29, 1.82) is 0 Å². The van der Waals surface area contributed by atoms with Crippen LogP contribution in [0.15, 0.2) is 42.5 Å². The van der Waals surface area contributed by atoms with Gasteiger partial charge in [0.25, 0.3) is 0 Å². The minimum Gasteiger partial charge on any atom is -0.497 e. The maximum atomic E-state index is 11.6. The first-order valence-corrected chi connectivity index (χ1v) is 16.2. The number of aryl methyl sites for hydroxylation is 2. The number of hydrogen-bond donors (Lipinski definition) is 1. The van der Waals surface area contributed by atoms with Gasteiger partial charge in [-0.25, -0.2) is 0 Å². The minimum atomic E-state index is -2.99. The highest BCUT2D eigenvalue weighted by Crippen LogP contribution is 2.36. The third kappa shape index (κ3) is 11.5. The molecular formula is C31H50NO4P. The highest BCUT2D eigenvalue weighted by molar-refractivity contribution is 7.57. The predicted molar refractivity (Wildman–Crippen MR) is 158 cm³/mol. The van der Waals surface area contributed by atoms with Crippen LogP contribution in [0.2, 0.25) is 0 Å². The smallest absolute Gasteiger partial charge is 0.197 e. The lowest BCUT2D eigenvalue weighted by Crippen LogP contribution is -2.36. The predicted octanol–water partition coefficient (Wildman–Crippen LogP) is 7.83. The molecule has 1 aliphatic heterocycles. The summed E-state index contributed by atoms with van der Waals surface area (Å²) in [7, 11) is -1.25. The molecule has 3 rings (SSSR count). The quantitative estimate of drug-likeness (QED) is 0.300. The molecule has 0 spiro atoms. The van der Waals surface area contributed by atoms with Crippen LogP contribution < -0.4 is 14.4 Å². The van der Waals surface area contributed by atoms with Crippen molar-refractivity contribution in [3.8, 4) is 11.5 Å². The first-order chi connectivity index (χ1) is 17.5. The molecular weight excluding hydrogens is 481 g/mol. The molecule has 1 N–H and O–H groups in total. The van der Waals surface area contributed by atoms with Gasteiger partial charge in [0.05, 0.1) is 13.7 Å². The molecule has 1 aliphatic rings. The van der Waals surface area contributed by atoms with Crippen LogP contribution in [0.5, 0.6) is 11.5 Å². The van der Waals surface area contributed by atoms with Gasteiger partial charge in [-0.3, -0.25) is 4.57 Å². The molecule has 2 aromatic rings. The van der Waals surface area contributed by atoms with E-state index in [9.17, 15) is 9.46 Å². The van der Waals surface area contributed by atoms with Gasteiger partial charge in [-0.1, -0.05) is 52.8 Å². The Bertz CT molecular complexity index is 987. The van der Waals surface area contributed by atoms with E-state index in [2.05, 4.69) is 43.9 Å². The second-order valence-corrected chi connectivity index (χ2v) is 13.9. The highest BCUT2D eigenvalue weighted by atomic mass is 31.2. The van der Waals surface area contributed by atoms with Crippen molar-refractivity contribution in [3.05, 3.63) is 53.6 Å². The van der Waals surface area contributed by atoms with E-state index < -0.39 is 7.37 Å². The number of nitrogens with zero attached hydrogens (tertiary/aromatic N) is 1.